The van der Waals surface area contributed by atoms with Crippen LogP contribution in [0.2, 0.25) is 0 Å². The van der Waals surface area contributed by atoms with Crippen molar-refractivity contribution in [1.82, 2.24) is 5.32 Å². The number of benzene rings is 1. The highest BCUT2D eigenvalue weighted by Crippen LogP contribution is 2.20. The minimum Gasteiger partial charge on any atom is -0.491 e. The van der Waals surface area contributed by atoms with E-state index < -0.39 is 0 Å². The Balaban J connectivity index is 2.31. The topological polar surface area (TPSA) is 38.3 Å². The standard InChI is InChI=1S/C11H13NO2/c1-2-8-7-14-10-6-4-3-5-9(10)11(13)12-8/h3-6,8H,2,7H2,1H3,(H,12,13)/t8-/m0/s1. The lowest BCUT2D eigenvalue weighted by Gasteiger charge is -2.11. The highest BCUT2D eigenvalue weighted by atomic mass is 16.5. The molecular formula is C11H13NO2. The molecule has 1 aliphatic rings. The number of hydrogen-bond acceptors (Lipinski definition) is 2. The molecule has 14 heavy (non-hydrogen) atoms. The summed E-state index contributed by atoms with van der Waals surface area (Å²) >= 11 is 0. The Morgan fingerprint density at radius 3 is 3.07 bits per heavy atom. The highest BCUT2D eigenvalue weighted by molar-refractivity contribution is 5.97. The van der Waals surface area contributed by atoms with Crippen molar-refractivity contribution >= 4 is 5.91 Å². The Kier molecular flexibility index (Phi) is 2.39. The molecule has 0 unspecified atom stereocenters. The van der Waals surface area contributed by atoms with Crippen LogP contribution >= 0.6 is 0 Å². The number of carbonyl (C=O) groups is 1. The van der Waals surface area contributed by atoms with Crippen molar-refractivity contribution in [3.63, 3.8) is 0 Å². The number of hydrogen-bond donors (Lipinski definition) is 1. The van der Waals surface area contributed by atoms with Gasteiger partial charge in [0.1, 0.15) is 12.4 Å². The molecule has 0 spiro atoms. The summed E-state index contributed by atoms with van der Waals surface area (Å²) in [5.41, 5.74) is 0.628. The summed E-state index contributed by atoms with van der Waals surface area (Å²) in [5.74, 6) is 0.644. The third-order valence-electron chi connectivity index (χ3n) is 2.40. The smallest absolute Gasteiger partial charge is 0.255 e. The van der Waals surface area contributed by atoms with E-state index in [0.717, 1.165) is 6.42 Å². The maximum Gasteiger partial charge on any atom is 0.255 e. The second-order valence-electron chi connectivity index (χ2n) is 3.39. The molecule has 0 radical (unpaired) electrons. The minimum atomic E-state index is -0.0371. The predicted octanol–water partition coefficient (Wildman–Crippen LogP) is 1.59. The maximum atomic E-state index is 11.7. The first-order valence-corrected chi connectivity index (χ1v) is 4.84. The average Bonchev–Trinajstić information content (AvgIpc) is 2.39. The molecule has 0 aromatic heterocycles. The number of rotatable bonds is 1. The fourth-order valence-electron chi connectivity index (χ4n) is 1.50. The van der Waals surface area contributed by atoms with E-state index >= 15 is 0 Å². The lowest BCUT2D eigenvalue weighted by Crippen LogP contribution is -2.35. The largest absolute Gasteiger partial charge is 0.491 e. The Labute approximate surface area is 83.1 Å². The van der Waals surface area contributed by atoms with Crippen molar-refractivity contribution in [2.75, 3.05) is 6.61 Å². The third kappa shape index (κ3) is 1.58. The summed E-state index contributed by atoms with van der Waals surface area (Å²) in [6.45, 7) is 2.59. The van der Waals surface area contributed by atoms with Gasteiger partial charge in [-0.15, -0.1) is 0 Å². The molecule has 0 fully saturated rings. The van der Waals surface area contributed by atoms with E-state index in [0.29, 0.717) is 17.9 Å². The van der Waals surface area contributed by atoms with E-state index in [1.54, 1.807) is 6.07 Å². The molecule has 1 amide bonds. The molecule has 0 aliphatic carbocycles. The van der Waals surface area contributed by atoms with Crippen LogP contribution in [0.3, 0.4) is 0 Å². The molecule has 1 heterocycles. The summed E-state index contributed by atoms with van der Waals surface area (Å²) in [5, 5.41) is 2.92. The maximum absolute atomic E-state index is 11.7. The van der Waals surface area contributed by atoms with Gasteiger partial charge in [-0.3, -0.25) is 4.79 Å². The molecule has 1 aliphatic heterocycles. The van der Waals surface area contributed by atoms with Crippen molar-refractivity contribution in [2.24, 2.45) is 0 Å². The van der Waals surface area contributed by atoms with E-state index in [1.165, 1.54) is 0 Å². The number of carbonyl (C=O) groups excluding carboxylic acids is 1. The first kappa shape index (κ1) is 9.06. The van der Waals surface area contributed by atoms with Gasteiger partial charge in [0.05, 0.1) is 11.6 Å². The summed E-state index contributed by atoms with van der Waals surface area (Å²) in [7, 11) is 0. The van der Waals surface area contributed by atoms with Crippen molar-refractivity contribution in [3.8, 4) is 5.75 Å². The van der Waals surface area contributed by atoms with Crippen LogP contribution in [-0.2, 0) is 0 Å². The Bertz CT molecular complexity index is 349. The van der Waals surface area contributed by atoms with Crippen molar-refractivity contribution in [3.05, 3.63) is 29.8 Å². The number of nitrogens with one attached hydrogen (secondary N) is 1. The molecule has 3 nitrogen and oxygen atoms in total. The van der Waals surface area contributed by atoms with Crippen LogP contribution in [0, 0.1) is 0 Å². The van der Waals surface area contributed by atoms with Crippen LogP contribution in [0.5, 0.6) is 5.75 Å². The van der Waals surface area contributed by atoms with Crippen LogP contribution < -0.4 is 10.1 Å². The summed E-state index contributed by atoms with van der Waals surface area (Å²) in [4.78, 5) is 11.7. The third-order valence-corrected chi connectivity index (χ3v) is 2.40. The van der Waals surface area contributed by atoms with Gasteiger partial charge in [0, 0.05) is 0 Å². The van der Waals surface area contributed by atoms with Gasteiger partial charge in [-0.1, -0.05) is 19.1 Å². The normalized spacial score (nSPS) is 20.4. The second kappa shape index (κ2) is 3.70. The Hall–Kier alpha value is -1.51. The van der Waals surface area contributed by atoms with Crippen molar-refractivity contribution in [1.29, 1.82) is 0 Å². The van der Waals surface area contributed by atoms with Crippen molar-refractivity contribution < 1.29 is 9.53 Å². The lowest BCUT2D eigenvalue weighted by molar-refractivity contribution is 0.0937. The number of amides is 1. The fourth-order valence-corrected chi connectivity index (χ4v) is 1.50. The summed E-state index contributed by atoms with van der Waals surface area (Å²) < 4.78 is 5.54. The molecule has 1 atom stereocenters. The first-order valence-electron chi connectivity index (χ1n) is 4.84. The monoisotopic (exact) mass is 191 g/mol. The zero-order valence-corrected chi connectivity index (χ0v) is 8.12. The number of ether oxygens (including phenoxy) is 1. The Morgan fingerprint density at radius 2 is 2.29 bits per heavy atom. The van der Waals surface area contributed by atoms with E-state index in [-0.39, 0.29) is 11.9 Å². The van der Waals surface area contributed by atoms with Gasteiger partial charge in [-0.2, -0.15) is 0 Å². The van der Waals surface area contributed by atoms with E-state index in [2.05, 4.69) is 5.32 Å². The number of fused-ring (bicyclic) bond motifs is 1. The average molecular weight is 191 g/mol. The van der Waals surface area contributed by atoms with Crippen LogP contribution in [0.15, 0.2) is 24.3 Å². The SMILES string of the molecule is CC[C@H]1COc2ccccc2C(=O)N1. The highest BCUT2D eigenvalue weighted by Gasteiger charge is 2.20. The molecule has 0 bridgehead atoms. The van der Waals surface area contributed by atoms with Gasteiger partial charge in [0.15, 0.2) is 0 Å². The summed E-state index contributed by atoms with van der Waals surface area (Å²) in [6.07, 6.45) is 0.889. The molecule has 0 saturated heterocycles. The van der Waals surface area contributed by atoms with Crippen molar-refractivity contribution in [2.45, 2.75) is 19.4 Å². The van der Waals surface area contributed by atoms with Gasteiger partial charge in [0.25, 0.3) is 5.91 Å². The predicted molar refractivity (Wildman–Crippen MR) is 53.5 cm³/mol. The Morgan fingerprint density at radius 1 is 1.50 bits per heavy atom. The summed E-state index contributed by atoms with van der Waals surface area (Å²) in [6, 6.07) is 7.44. The first-order chi connectivity index (χ1) is 6.81. The van der Waals surface area contributed by atoms with Crippen LogP contribution in [-0.4, -0.2) is 18.6 Å². The second-order valence-corrected chi connectivity index (χ2v) is 3.39. The molecule has 0 saturated carbocycles. The van der Waals surface area contributed by atoms with E-state index in [4.69, 9.17) is 4.74 Å². The quantitative estimate of drug-likeness (QED) is 0.732. The van der Waals surface area contributed by atoms with E-state index in [1.807, 2.05) is 25.1 Å². The molecule has 1 aromatic rings. The van der Waals surface area contributed by atoms with Gasteiger partial charge < -0.3 is 10.1 Å². The fraction of sp³-hybridized carbons (Fsp3) is 0.364. The van der Waals surface area contributed by atoms with E-state index in [9.17, 15) is 4.79 Å². The number of para-hydroxylation sites is 1. The van der Waals surface area contributed by atoms with Crippen LogP contribution in [0.4, 0.5) is 0 Å². The zero-order valence-electron chi connectivity index (χ0n) is 8.12. The molecule has 1 N–H and O–H groups in total. The molecule has 74 valence electrons. The van der Waals surface area contributed by atoms with Gasteiger partial charge in [-0.05, 0) is 18.6 Å². The van der Waals surface area contributed by atoms with Crippen LogP contribution in [0.25, 0.3) is 0 Å². The molecule has 2 rings (SSSR count). The lowest BCUT2D eigenvalue weighted by atomic mass is 10.2. The van der Waals surface area contributed by atoms with Gasteiger partial charge >= 0.3 is 0 Å². The minimum absolute atomic E-state index is 0.0371. The molecule has 3 heteroatoms. The molecular weight excluding hydrogens is 178 g/mol. The molecule has 1 aromatic carbocycles. The van der Waals surface area contributed by atoms with Gasteiger partial charge in [0.2, 0.25) is 0 Å². The van der Waals surface area contributed by atoms with Gasteiger partial charge in [-0.25, -0.2) is 0 Å². The zero-order chi connectivity index (χ0) is 9.97. The van der Waals surface area contributed by atoms with Crippen LogP contribution in [0.1, 0.15) is 23.7 Å².